The van der Waals surface area contributed by atoms with Crippen LogP contribution in [0.1, 0.15) is 12.5 Å². The van der Waals surface area contributed by atoms with E-state index in [9.17, 15) is 14.0 Å². The molecule has 0 aliphatic heterocycles. The fourth-order valence-corrected chi connectivity index (χ4v) is 2.20. The van der Waals surface area contributed by atoms with Gasteiger partial charge in [-0.1, -0.05) is 19.1 Å². The average molecular weight is 317 g/mol. The third-order valence-electron chi connectivity index (χ3n) is 3.50. The molecule has 0 saturated heterocycles. The molecule has 0 aliphatic carbocycles. The molecule has 1 aromatic carbocycles. The Bertz CT molecular complexity index is 725. The van der Waals surface area contributed by atoms with Crippen molar-refractivity contribution in [3.05, 3.63) is 64.3 Å². The van der Waals surface area contributed by atoms with Crippen LogP contribution in [0.4, 0.5) is 10.1 Å². The average Bonchev–Trinajstić information content (AvgIpc) is 2.53. The molecule has 122 valence electrons. The van der Waals surface area contributed by atoms with Crippen molar-refractivity contribution < 1.29 is 9.18 Å². The Morgan fingerprint density at radius 2 is 1.96 bits per heavy atom. The van der Waals surface area contributed by atoms with Crippen LogP contribution in [0, 0.1) is 11.7 Å². The predicted octanol–water partition coefficient (Wildman–Crippen LogP) is 1.83. The largest absolute Gasteiger partial charge is 0.321 e. The van der Waals surface area contributed by atoms with Crippen molar-refractivity contribution in [2.24, 2.45) is 5.92 Å². The molecule has 6 heteroatoms. The number of amides is 1. The summed E-state index contributed by atoms with van der Waals surface area (Å²) in [5.41, 5.74) is 0.755. The van der Waals surface area contributed by atoms with E-state index in [4.69, 9.17) is 0 Å². The number of halogens is 1. The van der Waals surface area contributed by atoms with Crippen LogP contribution in [-0.4, -0.2) is 24.1 Å². The highest BCUT2D eigenvalue weighted by atomic mass is 19.1. The van der Waals surface area contributed by atoms with Crippen LogP contribution in [0.15, 0.2) is 47.4 Å². The van der Waals surface area contributed by atoms with E-state index in [0.29, 0.717) is 13.1 Å². The van der Waals surface area contributed by atoms with Gasteiger partial charge in [0.05, 0.1) is 6.54 Å². The molecule has 0 fully saturated rings. The number of hydrogen-bond acceptors (Lipinski definition) is 3. The van der Waals surface area contributed by atoms with Crippen LogP contribution in [-0.2, 0) is 11.3 Å². The van der Waals surface area contributed by atoms with Gasteiger partial charge in [-0.25, -0.2) is 4.39 Å². The number of anilines is 1. The number of hydrogen-bond donors (Lipinski definition) is 2. The number of carbonyl (C=O) groups excluding carboxylic acids is 1. The van der Waals surface area contributed by atoms with Gasteiger partial charge >= 0.3 is 0 Å². The van der Waals surface area contributed by atoms with Gasteiger partial charge in [0, 0.05) is 18.7 Å². The second-order valence-electron chi connectivity index (χ2n) is 5.43. The minimum atomic E-state index is -0.319. The Morgan fingerprint density at radius 3 is 2.61 bits per heavy atom. The maximum atomic E-state index is 12.9. The lowest BCUT2D eigenvalue weighted by atomic mass is 10.1. The highest BCUT2D eigenvalue weighted by Crippen LogP contribution is 2.07. The fourth-order valence-electron chi connectivity index (χ4n) is 2.20. The van der Waals surface area contributed by atoms with E-state index < -0.39 is 0 Å². The van der Waals surface area contributed by atoms with E-state index in [-0.39, 0.29) is 28.9 Å². The standard InChI is InChI=1S/C17H20FN3O2/c1-12(10-19-2)16(22)20-15-4-3-9-21(17(15)23)11-13-5-7-14(18)8-6-13/h3-9,12,19H,10-11H2,1-2H3,(H,20,22). The van der Waals surface area contributed by atoms with Crippen molar-refractivity contribution >= 4 is 11.6 Å². The van der Waals surface area contributed by atoms with Gasteiger partial charge in [-0.05, 0) is 36.9 Å². The minimum Gasteiger partial charge on any atom is -0.321 e. The first kappa shape index (κ1) is 16.9. The van der Waals surface area contributed by atoms with Crippen molar-refractivity contribution in [2.75, 3.05) is 18.9 Å². The lowest BCUT2D eigenvalue weighted by molar-refractivity contribution is -0.119. The summed E-state index contributed by atoms with van der Waals surface area (Å²) in [6.07, 6.45) is 1.64. The van der Waals surface area contributed by atoms with E-state index in [1.54, 1.807) is 44.4 Å². The monoisotopic (exact) mass is 317 g/mol. The van der Waals surface area contributed by atoms with Crippen LogP contribution in [0.3, 0.4) is 0 Å². The zero-order valence-electron chi connectivity index (χ0n) is 13.2. The summed E-state index contributed by atoms with van der Waals surface area (Å²) in [7, 11) is 1.77. The molecule has 2 rings (SSSR count). The smallest absolute Gasteiger partial charge is 0.274 e. The van der Waals surface area contributed by atoms with E-state index in [0.717, 1.165) is 5.56 Å². The zero-order chi connectivity index (χ0) is 16.8. The topological polar surface area (TPSA) is 63.1 Å². The number of pyridine rings is 1. The molecular formula is C17H20FN3O2. The number of carbonyl (C=O) groups is 1. The lowest BCUT2D eigenvalue weighted by Gasteiger charge is -2.13. The van der Waals surface area contributed by atoms with E-state index in [1.807, 2.05) is 0 Å². The van der Waals surface area contributed by atoms with E-state index in [1.165, 1.54) is 16.7 Å². The molecule has 0 aliphatic rings. The second-order valence-corrected chi connectivity index (χ2v) is 5.43. The van der Waals surface area contributed by atoms with Crippen LogP contribution in [0.5, 0.6) is 0 Å². The van der Waals surface area contributed by atoms with Gasteiger partial charge < -0.3 is 15.2 Å². The highest BCUT2D eigenvalue weighted by molar-refractivity contribution is 5.92. The zero-order valence-corrected chi connectivity index (χ0v) is 13.2. The summed E-state index contributed by atoms with van der Waals surface area (Å²) < 4.78 is 14.4. The van der Waals surface area contributed by atoms with Gasteiger partial charge in [0.2, 0.25) is 5.91 Å². The molecule has 1 atom stereocenters. The molecule has 23 heavy (non-hydrogen) atoms. The Kier molecular flexibility index (Phi) is 5.65. The van der Waals surface area contributed by atoms with Crippen LogP contribution in [0.2, 0.25) is 0 Å². The fraction of sp³-hybridized carbons (Fsp3) is 0.294. The molecule has 1 heterocycles. The predicted molar refractivity (Wildman–Crippen MR) is 87.9 cm³/mol. The molecule has 2 aromatic rings. The first-order valence-corrected chi connectivity index (χ1v) is 7.40. The van der Waals surface area contributed by atoms with Crippen molar-refractivity contribution in [1.82, 2.24) is 9.88 Å². The molecule has 5 nitrogen and oxygen atoms in total. The molecule has 0 saturated carbocycles. The highest BCUT2D eigenvalue weighted by Gasteiger charge is 2.14. The summed E-state index contributed by atoms with van der Waals surface area (Å²) in [5, 5.41) is 5.58. The third-order valence-corrected chi connectivity index (χ3v) is 3.50. The summed E-state index contributed by atoms with van der Waals surface area (Å²) >= 11 is 0. The normalized spacial score (nSPS) is 12.0. The molecule has 1 amide bonds. The Labute approximate surface area is 134 Å². The molecule has 1 aromatic heterocycles. The third kappa shape index (κ3) is 4.50. The van der Waals surface area contributed by atoms with Crippen LogP contribution < -0.4 is 16.2 Å². The van der Waals surface area contributed by atoms with Crippen molar-refractivity contribution in [3.8, 4) is 0 Å². The lowest BCUT2D eigenvalue weighted by Crippen LogP contribution is -2.32. The number of nitrogens with zero attached hydrogens (tertiary/aromatic N) is 1. The van der Waals surface area contributed by atoms with Gasteiger partial charge in [-0.3, -0.25) is 9.59 Å². The number of rotatable bonds is 6. The molecule has 2 N–H and O–H groups in total. The molecular weight excluding hydrogens is 297 g/mol. The van der Waals surface area contributed by atoms with Crippen molar-refractivity contribution in [2.45, 2.75) is 13.5 Å². The van der Waals surface area contributed by atoms with Crippen LogP contribution in [0.25, 0.3) is 0 Å². The maximum absolute atomic E-state index is 12.9. The minimum absolute atomic E-state index is 0.212. The second kappa shape index (κ2) is 7.69. The first-order chi connectivity index (χ1) is 11.0. The number of aromatic nitrogens is 1. The van der Waals surface area contributed by atoms with E-state index >= 15 is 0 Å². The number of nitrogens with one attached hydrogen (secondary N) is 2. The Balaban J connectivity index is 2.16. The number of benzene rings is 1. The Morgan fingerprint density at radius 1 is 1.26 bits per heavy atom. The quantitative estimate of drug-likeness (QED) is 0.854. The van der Waals surface area contributed by atoms with Gasteiger partial charge in [0.15, 0.2) is 0 Å². The SMILES string of the molecule is CNCC(C)C(=O)Nc1cccn(Cc2ccc(F)cc2)c1=O. The maximum Gasteiger partial charge on any atom is 0.274 e. The van der Waals surface area contributed by atoms with E-state index in [2.05, 4.69) is 10.6 Å². The summed E-state index contributed by atoms with van der Waals surface area (Å²) in [5.74, 6) is -0.776. The first-order valence-electron chi connectivity index (χ1n) is 7.40. The summed E-state index contributed by atoms with van der Waals surface area (Å²) in [4.78, 5) is 24.4. The molecule has 1 unspecified atom stereocenters. The molecule has 0 spiro atoms. The van der Waals surface area contributed by atoms with Gasteiger partial charge in [-0.15, -0.1) is 0 Å². The Hall–Kier alpha value is -2.47. The summed E-state index contributed by atoms with van der Waals surface area (Å²) in [6.45, 7) is 2.63. The van der Waals surface area contributed by atoms with Gasteiger partial charge in [0.1, 0.15) is 11.5 Å². The van der Waals surface area contributed by atoms with Crippen LogP contribution >= 0.6 is 0 Å². The molecule has 0 radical (unpaired) electrons. The van der Waals surface area contributed by atoms with Gasteiger partial charge in [0.25, 0.3) is 5.56 Å². The summed E-state index contributed by atoms with van der Waals surface area (Å²) in [6, 6.07) is 9.23. The van der Waals surface area contributed by atoms with Gasteiger partial charge in [-0.2, -0.15) is 0 Å². The van der Waals surface area contributed by atoms with Crippen molar-refractivity contribution in [3.63, 3.8) is 0 Å². The molecule has 0 bridgehead atoms. The van der Waals surface area contributed by atoms with Crippen molar-refractivity contribution in [1.29, 1.82) is 0 Å².